The van der Waals surface area contributed by atoms with Crippen molar-refractivity contribution < 1.29 is 4.79 Å². The largest absolute Gasteiger partial charge is 0.303 e. The molecule has 1 aromatic heterocycles. The van der Waals surface area contributed by atoms with Gasteiger partial charge in [0.05, 0.1) is 17.7 Å². The van der Waals surface area contributed by atoms with E-state index >= 15 is 0 Å². The third-order valence-electron chi connectivity index (χ3n) is 1.98. The van der Waals surface area contributed by atoms with Gasteiger partial charge in [-0.15, -0.1) is 5.10 Å². The second kappa shape index (κ2) is 4.48. The number of hydrogen-bond acceptors (Lipinski definition) is 5. The number of nitrogens with one attached hydrogen (secondary N) is 1. The summed E-state index contributed by atoms with van der Waals surface area (Å²) in [5.74, 6) is 0.386. The Morgan fingerprint density at radius 2 is 2.50 bits per heavy atom. The van der Waals surface area contributed by atoms with Crippen molar-refractivity contribution in [3.8, 4) is 0 Å². The van der Waals surface area contributed by atoms with Crippen LogP contribution in [0.1, 0.15) is 11.3 Å². The highest BCUT2D eigenvalue weighted by molar-refractivity contribution is 8.15. The van der Waals surface area contributed by atoms with Crippen LogP contribution in [0.15, 0.2) is 16.4 Å². The Kier molecular flexibility index (Phi) is 3.04. The van der Waals surface area contributed by atoms with Crippen LogP contribution in [0.2, 0.25) is 0 Å². The number of aromatic nitrogens is 2. The van der Waals surface area contributed by atoms with E-state index < -0.39 is 0 Å². The van der Waals surface area contributed by atoms with Gasteiger partial charge in [0.2, 0.25) is 5.91 Å². The summed E-state index contributed by atoms with van der Waals surface area (Å²) >= 11 is 1.35. The summed E-state index contributed by atoms with van der Waals surface area (Å²) in [5, 5.41) is 15.1. The topological polar surface area (TPSA) is 71.6 Å². The molecule has 1 aromatic rings. The summed E-state index contributed by atoms with van der Waals surface area (Å²) in [5.41, 5.74) is 1.82. The first-order valence-corrected chi connectivity index (χ1v) is 5.67. The highest BCUT2D eigenvalue weighted by Crippen LogP contribution is 2.08. The Hall–Kier alpha value is -1.63. The second-order valence-electron chi connectivity index (χ2n) is 3.33. The molecule has 6 nitrogen and oxygen atoms in total. The third-order valence-corrected chi connectivity index (χ3v) is 2.85. The van der Waals surface area contributed by atoms with Gasteiger partial charge in [0.1, 0.15) is 0 Å². The van der Waals surface area contributed by atoms with Crippen molar-refractivity contribution in [1.82, 2.24) is 15.1 Å². The van der Waals surface area contributed by atoms with Crippen molar-refractivity contribution in [2.45, 2.75) is 6.92 Å². The minimum absolute atomic E-state index is 0.0310. The predicted molar refractivity (Wildman–Crippen MR) is 63.6 cm³/mol. The van der Waals surface area contributed by atoms with Crippen molar-refractivity contribution >= 4 is 29.1 Å². The van der Waals surface area contributed by atoms with Gasteiger partial charge in [0.15, 0.2) is 5.17 Å². The van der Waals surface area contributed by atoms with E-state index in [-0.39, 0.29) is 5.91 Å². The fraction of sp³-hybridized carbons (Fsp3) is 0.333. The molecule has 7 heteroatoms. The van der Waals surface area contributed by atoms with Crippen LogP contribution in [0.4, 0.5) is 0 Å². The number of aryl methyl sites for hydroxylation is 2. The summed E-state index contributed by atoms with van der Waals surface area (Å²) in [4.78, 5) is 10.9. The van der Waals surface area contributed by atoms with E-state index in [1.165, 1.54) is 11.8 Å². The fourth-order valence-electron chi connectivity index (χ4n) is 1.27. The van der Waals surface area contributed by atoms with Crippen LogP contribution in [0.25, 0.3) is 0 Å². The number of amidine groups is 1. The molecule has 0 spiro atoms. The van der Waals surface area contributed by atoms with Gasteiger partial charge in [-0.05, 0) is 6.92 Å². The zero-order valence-corrected chi connectivity index (χ0v) is 9.78. The first-order chi connectivity index (χ1) is 7.65. The number of hydrogen-bond donors (Lipinski definition) is 1. The van der Waals surface area contributed by atoms with E-state index in [0.29, 0.717) is 10.9 Å². The summed E-state index contributed by atoms with van der Waals surface area (Å²) in [6.45, 7) is 1.90. The predicted octanol–water partition coefficient (Wildman–Crippen LogP) is 0.281. The lowest BCUT2D eigenvalue weighted by Crippen LogP contribution is -2.19. The van der Waals surface area contributed by atoms with E-state index in [2.05, 4.69) is 20.6 Å². The van der Waals surface area contributed by atoms with Crippen LogP contribution >= 0.6 is 11.8 Å². The maximum absolute atomic E-state index is 10.9. The fourth-order valence-corrected chi connectivity index (χ4v) is 1.90. The van der Waals surface area contributed by atoms with E-state index in [0.717, 1.165) is 11.3 Å². The molecular formula is C9H11N5OS. The quantitative estimate of drug-likeness (QED) is 0.593. The van der Waals surface area contributed by atoms with Crippen LogP contribution < -0.4 is 5.32 Å². The van der Waals surface area contributed by atoms with Gasteiger partial charge in [-0.2, -0.15) is 10.2 Å². The molecule has 2 rings (SSSR count). The highest BCUT2D eigenvalue weighted by atomic mass is 32.2. The van der Waals surface area contributed by atoms with Crippen LogP contribution in [0, 0.1) is 6.92 Å². The summed E-state index contributed by atoms with van der Waals surface area (Å²) in [6.07, 6.45) is 3.49. The van der Waals surface area contributed by atoms with E-state index in [4.69, 9.17) is 0 Å². The zero-order valence-electron chi connectivity index (χ0n) is 8.97. The first kappa shape index (κ1) is 10.9. The van der Waals surface area contributed by atoms with Crippen molar-refractivity contribution in [3.63, 3.8) is 0 Å². The normalized spacial score (nSPS) is 18.6. The van der Waals surface area contributed by atoms with Crippen LogP contribution in [0.3, 0.4) is 0 Å². The molecule has 1 fully saturated rings. The molecule has 84 valence electrons. The van der Waals surface area contributed by atoms with Crippen molar-refractivity contribution in [1.29, 1.82) is 0 Å². The van der Waals surface area contributed by atoms with Gasteiger partial charge in [0.25, 0.3) is 0 Å². The Morgan fingerprint density at radius 3 is 3.06 bits per heavy atom. The van der Waals surface area contributed by atoms with Gasteiger partial charge in [-0.25, -0.2) is 0 Å². The van der Waals surface area contributed by atoms with Crippen molar-refractivity contribution in [2.24, 2.45) is 17.3 Å². The van der Waals surface area contributed by atoms with Crippen LogP contribution in [-0.2, 0) is 11.8 Å². The molecule has 16 heavy (non-hydrogen) atoms. The van der Waals surface area contributed by atoms with Crippen LogP contribution in [0.5, 0.6) is 0 Å². The zero-order chi connectivity index (χ0) is 11.5. The summed E-state index contributed by atoms with van der Waals surface area (Å²) < 4.78 is 1.72. The average molecular weight is 237 g/mol. The second-order valence-corrected chi connectivity index (χ2v) is 4.29. The molecule has 2 heterocycles. The first-order valence-electron chi connectivity index (χ1n) is 4.69. The molecule has 1 aliphatic rings. The summed E-state index contributed by atoms with van der Waals surface area (Å²) in [6, 6.07) is 0. The SMILES string of the molecule is Cc1nn(C)cc1C=N/N=C1\NC(=O)CS1. The monoisotopic (exact) mass is 237 g/mol. The molecule has 0 saturated carbocycles. The minimum atomic E-state index is -0.0310. The molecule has 0 unspecified atom stereocenters. The highest BCUT2D eigenvalue weighted by Gasteiger charge is 2.15. The average Bonchev–Trinajstić information content (AvgIpc) is 2.74. The van der Waals surface area contributed by atoms with E-state index in [1.54, 1.807) is 10.9 Å². The molecule has 0 atom stereocenters. The van der Waals surface area contributed by atoms with Gasteiger partial charge >= 0.3 is 0 Å². The Balaban J connectivity index is 2.05. The molecule has 1 N–H and O–H groups in total. The lowest BCUT2D eigenvalue weighted by Gasteiger charge is -1.89. The molecule has 0 bridgehead atoms. The lowest BCUT2D eigenvalue weighted by molar-refractivity contribution is -0.116. The number of nitrogens with zero attached hydrogens (tertiary/aromatic N) is 4. The molecule has 0 aliphatic carbocycles. The Bertz CT molecular complexity index is 476. The molecule has 1 aliphatic heterocycles. The van der Waals surface area contributed by atoms with Crippen molar-refractivity contribution in [3.05, 3.63) is 17.5 Å². The van der Waals surface area contributed by atoms with Crippen LogP contribution in [-0.4, -0.2) is 32.8 Å². The number of carbonyl (C=O) groups is 1. The maximum atomic E-state index is 10.9. The number of amides is 1. The molecular weight excluding hydrogens is 226 g/mol. The van der Waals surface area contributed by atoms with Gasteiger partial charge < -0.3 is 5.32 Å². The Labute approximate surface area is 96.8 Å². The number of thioether (sulfide) groups is 1. The number of rotatable bonds is 2. The van der Waals surface area contributed by atoms with Gasteiger partial charge in [-0.3, -0.25) is 9.48 Å². The third kappa shape index (κ3) is 2.48. The van der Waals surface area contributed by atoms with Crippen molar-refractivity contribution in [2.75, 3.05) is 5.75 Å². The molecule has 1 amide bonds. The molecule has 1 saturated heterocycles. The van der Waals surface area contributed by atoms with E-state index in [9.17, 15) is 4.79 Å². The van der Waals surface area contributed by atoms with Gasteiger partial charge in [0, 0.05) is 18.8 Å². The molecule has 0 radical (unpaired) electrons. The minimum Gasteiger partial charge on any atom is -0.303 e. The van der Waals surface area contributed by atoms with Gasteiger partial charge in [-0.1, -0.05) is 11.8 Å². The lowest BCUT2D eigenvalue weighted by atomic mass is 10.3. The maximum Gasteiger partial charge on any atom is 0.236 e. The standard InChI is InChI=1S/C9H11N5OS/c1-6-7(4-14(2)13-6)3-10-12-9-11-8(15)5-16-9/h3-4H,5H2,1-2H3,(H,11,12,15). The number of carbonyl (C=O) groups excluding carboxylic acids is 1. The Morgan fingerprint density at radius 1 is 1.69 bits per heavy atom. The van der Waals surface area contributed by atoms with E-state index in [1.807, 2.05) is 20.2 Å². The summed E-state index contributed by atoms with van der Waals surface area (Å²) in [7, 11) is 1.85. The smallest absolute Gasteiger partial charge is 0.236 e. The molecule has 0 aromatic carbocycles.